The van der Waals surface area contributed by atoms with Gasteiger partial charge in [-0.2, -0.15) is 14.4 Å². The summed E-state index contributed by atoms with van der Waals surface area (Å²) in [6, 6.07) is 16.0. The van der Waals surface area contributed by atoms with E-state index in [9.17, 15) is 4.39 Å². The van der Waals surface area contributed by atoms with Gasteiger partial charge in [-0.15, -0.1) is 0 Å². The van der Waals surface area contributed by atoms with Crippen molar-refractivity contribution in [3.05, 3.63) is 90.5 Å². The minimum Gasteiger partial charge on any atom is -0.461 e. The van der Waals surface area contributed by atoms with Crippen LogP contribution in [0.3, 0.4) is 0 Å². The van der Waals surface area contributed by atoms with Crippen LogP contribution >= 0.6 is 0 Å². The number of nitrogens with zero attached hydrogens (tertiary/aromatic N) is 6. The third kappa shape index (κ3) is 4.53. The predicted molar refractivity (Wildman–Crippen MR) is 161 cm³/mol. The van der Waals surface area contributed by atoms with E-state index in [1.54, 1.807) is 24.4 Å². The van der Waals surface area contributed by atoms with Gasteiger partial charge in [0.15, 0.2) is 0 Å². The molecule has 0 atom stereocenters. The maximum Gasteiger partial charge on any atom is 0.319 e. The van der Waals surface area contributed by atoms with Gasteiger partial charge < -0.3 is 14.5 Å². The SMILES string of the molecule is Fc1cccc2cccc(-c3cc4nc(OCC56CCCN5CCC6)nc(NCc5ccc6nccn6c5)c4c(F)n3)c12. The molecular formula is C33H29F2N7O. The molecule has 2 saturated heterocycles. The Morgan fingerprint density at radius 3 is 2.63 bits per heavy atom. The first kappa shape index (κ1) is 26.0. The predicted octanol–water partition coefficient (Wildman–Crippen LogP) is 6.39. The summed E-state index contributed by atoms with van der Waals surface area (Å²) < 4.78 is 39.1. The van der Waals surface area contributed by atoms with Crippen LogP contribution in [0.15, 0.2) is 73.2 Å². The Morgan fingerprint density at radius 2 is 1.77 bits per heavy atom. The van der Waals surface area contributed by atoms with Gasteiger partial charge in [-0.3, -0.25) is 4.90 Å². The second-order valence-electron chi connectivity index (χ2n) is 11.5. The third-order valence-corrected chi connectivity index (χ3v) is 8.94. The van der Waals surface area contributed by atoms with Gasteiger partial charge in [0.1, 0.15) is 23.9 Å². The van der Waals surface area contributed by atoms with Gasteiger partial charge in [0.25, 0.3) is 0 Å². The first-order valence-electron chi connectivity index (χ1n) is 14.7. The minimum absolute atomic E-state index is 0.00124. The maximum absolute atomic E-state index is 15.9. The Morgan fingerprint density at radius 1 is 0.930 bits per heavy atom. The summed E-state index contributed by atoms with van der Waals surface area (Å²) in [5.74, 6) is -0.842. The van der Waals surface area contributed by atoms with E-state index < -0.39 is 11.8 Å². The summed E-state index contributed by atoms with van der Waals surface area (Å²) in [5.41, 5.74) is 2.92. The lowest BCUT2D eigenvalue weighted by Crippen LogP contribution is -2.43. The number of hydrogen-bond donors (Lipinski definition) is 1. The summed E-state index contributed by atoms with van der Waals surface area (Å²) in [6.07, 6.45) is 10.0. The fourth-order valence-electron chi connectivity index (χ4n) is 6.84. The highest BCUT2D eigenvalue weighted by molar-refractivity contribution is 5.99. The molecule has 0 bridgehead atoms. The summed E-state index contributed by atoms with van der Waals surface area (Å²) in [5, 5.41) is 4.55. The second kappa shape index (κ2) is 10.2. The van der Waals surface area contributed by atoms with E-state index in [0.29, 0.717) is 46.5 Å². The largest absolute Gasteiger partial charge is 0.461 e. The molecule has 0 amide bonds. The van der Waals surface area contributed by atoms with Crippen molar-refractivity contribution in [3.8, 4) is 17.3 Å². The number of nitrogens with one attached hydrogen (secondary N) is 1. The molecular weight excluding hydrogens is 548 g/mol. The molecule has 4 aromatic heterocycles. The van der Waals surface area contributed by atoms with Crippen molar-refractivity contribution < 1.29 is 13.5 Å². The number of anilines is 1. The molecule has 8 nitrogen and oxygen atoms in total. The van der Waals surface area contributed by atoms with Crippen molar-refractivity contribution in [1.29, 1.82) is 0 Å². The number of benzene rings is 2. The smallest absolute Gasteiger partial charge is 0.319 e. The van der Waals surface area contributed by atoms with E-state index in [4.69, 9.17) is 4.74 Å². The molecule has 0 unspecified atom stereocenters. The van der Waals surface area contributed by atoms with Crippen molar-refractivity contribution in [3.63, 3.8) is 0 Å². The maximum atomic E-state index is 15.9. The zero-order valence-electron chi connectivity index (χ0n) is 23.4. The quantitative estimate of drug-likeness (QED) is 0.220. The lowest BCUT2D eigenvalue weighted by Gasteiger charge is -2.31. The van der Waals surface area contributed by atoms with E-state index in [1.165, 1.54) is 6.07 Å². The van der Waals surface area contributed by atoms with Gasteiger partial charge in [-0.05, 0) is 67.9 Å². The Labute approximate surface area is 246 Å². The van der Waals surface area contributed by atoms with Crippen molar-refractivity contribution in [2.75, 3.05) is 25.0 Å². The molecule has 8 rings (SSSR count). The second-order valence-corrected chi connectivity index (χ2v) is 11.5. The van der Waals surface area contributed by atoms with Crippen LogP contribution in [0.4, 0.5) is 14.6 Å². The average Bonchev–Trinajstić information content (AvgIpc) is 3.74. The van der Waals surface area contributed by atoms with E-state index >= 15 is 4.39 Å². The van der Waals surface area contributed by atoms with E-state index in [2.05, 4.69) is 30.2 Å². The topological polar surface area (TPSA) is 80.5 Å². The first-order chi connectivity index (χ1) is 21.1. The third-order valence-electron chi connectivity index (χ3n) is 8.94. The Bertz CT molecular complexity index is 1990. The molecule has 0 radical (unpaired) electrons. The molecule has 0 saturated carbocycles. The number of imidazole rings is 1. The highest BCUT2D eigenvalue weighted by atomic mass is 19.1. The normalized spacial score (nSPS) is 16.3. The van der Waals surface area contributed by atoms with Gasteiger partial charge in [-0.25, -0.2) is 14.4 Å². The zero-order chi connectivity index (χ0) is 29.0. The Hall–Kier alpha value is -4.70. The standard InChI is InChI=1S/C33H29F2N7O/c34-24-8-2-6-22-5-1-7-23(28(22)24)25-17-26-29(30(35)38-25)31(37-18-21-9-10-27-36-13-16-41(27)19-21)40-32(39-26)43-20-33-11-3-14-42(33)15-4-12-33/h1-2,5-10,13,16-17,19H,3-4,11-12,14-15,18,20H2,(H,37,39,40). The van der Waals surface area contributed by atoms with Crippen LogP contribution < -0.4 is 10.1 Å². The lowest BCUT2D eigenvalue weighted by molar-refractivity contribution is 0.108. The van der Waals surface area contributed by atoms with E-state index in [1.807, 2.05) is 47.1 Å². The van der Waals surface area contributed by atoms with Crippen LogP contribution in [-0.4, -0.2) is 54.5 Å². The van der Waals surface area contributed by atoms with Crippen molar-refractivity contribution >= 4 is 33.1 Å². The highest BCUT2D eigenvalue weighted by Crippen LogP contribution is 2.39. The van der Waals surface area contributed by atoms with E-state index in [-0.39, 0.29) is 16.9 Å². The number of hydrogen-bond acceptors (Lipinski definition) is 7. The Kier molecular flexibility index (Phi) is 6.18. The number of fused-ring (bicyclic) bond motifs is 4. The average molecular weight is 578 g/mol. The monoisotopic (exact) mass is 577 g/mol. The zero-order valence-corrected chi connectivity index (χ0v) is 23.4. The molecule has 2 aliphatic heterocycles. The molecule has 0 aliphatic carbocycles. The molecule has 6 aromatic rings. The van der Waals surface area contributed by atoms with Gasteiger partial charge >= 0.3 is 6.01 Å². The number of aromatic nitrogens is 5. The molecule has 216 valence electrons. The number of pyridine rings is 2. The number of halogens is 2. The van der Waals surface area contributed by atoms with Crippen LogP contribution in [0.5, 0.6) is 6.01 Å². The summed E-state index contributed by atoms with van der Waals surface area (Å²) in [6.45, 7) is 3.02. The molecule has 0 spiro atoms. The molecule has 43 heavy (non-hydrogen) atoms. The summed E-state index contributed by atoms with van der Waals surface area (Å²) in [7, 11) is 0. The molecule has 1 N–H and O–H groups in total. The molecule has 2 aliphatic rings. The van der Waals surface area contributed by atoms with Crippen molar-refractivity contribution in [2.24, 2.45) is 0 Å². The highest BCUT2D eigenvalue weighted by Gasteiger charge is 2.45. The van der Waals surface area contributed by atoms with Crippen LogP contribution in [0.1, 0.15) is 31.2 Å². The fraction of sp³-hybridized carbons (Fsp3) is 0.273. The first-order valence-corrected chi connectivity index (χ1v) is 14.7. The van der Waals surface area contributed by atoms with Gasteiger partial charge in [0.05, 0.1) is 22.1 Å². The fourth-order valence-corrected chi connectivity index (χ4v) is 6.84. The molecule has 10 heteroatoms. The van der Waals surface area contributed by atoms with Crippen LogP contribution in [-0.2, 0) is 6.54 Å². The van der Waals surface area contributed by atoms with Crippen molar-refractivity contribution in [1.82, 2.24) is 29.2 Å². The number of ether oxygens (including phenoxy) is 1. The minimum atomic E-state index is -0.740. The van der Waals surface area contributed by atoms with Crippen LogP contribution in [0.2, 0.25) is 0 Å². The van der Waals surface area contributed by atoms with Crippen LogP contribution in [0, 0.1) is 11.8 Å². The van der Waals surface area contributed by atoms with Crippen LogP contribution in [0.25, 0.3) is 38.6 Å². The van der Waals surface area contributed by atoms with Gasteiger partial charge in [-0.1, -0.05) is 36.4 Å². The van der Waals surface area contributed by atoms with E-state index in [0.717, 1.165) is 50.0 Å². The van der Waals surface area contributed by atoms with Gasteiger partial charge in [0.2, 0.25) is 5.95 Å². The lowest BCUT2D eigenvalue weighted by atomic mass is 9.95. The molecule has 6 heterocycles. The van der Waals surface area contributed by atoms with Gasteiger partial charge in [0, 0.05) is 36.1 Å². The molecule has 2 aromatic carbocycles. The summed E-state index contributed by atoms with van der Waals surface area (Å²) >= 11 is 0. The summed E-state index contributed by atoms with van der Waals surface area (Å²) in [4.78, 5) is 20.4. The number of rotatable bonds is 7. The Balaban J connectivity index is 1.21. The molecule has 2 fully saturated rings. The van der Waals surface area contributed by atoms with Crippen molar-refractivity contribution in [2.45, 2.75) is 37.8 Å².